The standard InChI is InChI=1S/C102H98N2/c1-67(102(14,101(12,13)98(5,6)7)83-53-45-71(46-54-83)69-29-33-74(34-30-69)79-43-39-75-40-44-80(75)63-79)96(100(10,11)97(2,3)4)78-41-37-77(38-42-78)82-52-62-95-91(65-82)90-64-81(51-61-94(90)104(95)84-25-19-16-20-26-84)76-35-31-70(32-36-76)73-49-57-86(58-50-73)103(85-55-47-72(48-56-85)68-23-17-15-18-24-68)87-59-60-89-88-27-21-22-28-92(88)99(8,9)93(89)66-87/h15-39,41-43,45-67,96H,40,44H2,1-14H3. The minimum absolute atomic E-state index is 0.00249. The predicted molar refractivity (Wildman–Crippen MR) is 445 cm³/mol. The summed E-state index contributed by atoms with van der Waals surface area (Å²) < 4.78 is 2.44. The first-order chi connectivity index (χ1) is 49.9. The third-order valence-electron chi connectivity index (χ3n) is 26.3. The lowest BCUT2D eigenvalue weighted by Crippen LogP contribution is -2.55. The summed E-state index contributed by atoms with van der Waals surface area (Å²) in [6.07, 6.45) is 2.41. The van der Waals surface area contributed by atoms with E-state index < -0.39 is 0 Å². The Balaban J connectivity index is 0.706. The molecule has 0 saturated carbocycles. The van der Waals surface area contributed by atoms with Crippen molar-refractivity contribution in [2.24, 2.45) is 27.6 Å². The molecule has 0 amide bonds. The van der Waals surface area contributed by atoms with Crippen LogP contribution in [0.4, 0.5) is 17.1 Å². The Morgan fingerprint density at radius 1 is 0.337 bits per heavy atom. The van der Waals surface area contributed by atoms with Gasteiger partial charge in [0.1, 0.15) is 0 Å². The van der Waals surface area contributed by atoms with Crippen molar-refractivity contribution in [2.75, 3.05) is 4.90 Å². The van der Waals surface area contributed by atoms with Crippen LogP contribution in [-0.4, -0.2) is 4.57 Å². The summed E-state index contributed by atoms with van der Waals surface area (Å²) in [6, 6.07) is 115. The number of nitrogens with zero attached hydrogens (tertiary/aromatic N) is 2. The number of hydrogen-bond donors (Lipinski definition) is 0. The molecule has 2 aliphatic rings. The maximum atomic E-state index is 2.60. The molecular formula is C102H98N2. The molecule has 0 radical (unpaired) electrons. The molecule has 2 aliphatic carbocycles. The monoisotopic (exact) mass is 1350 g/mol. The van der Waals surface area contributed by atoms with Gasteiger partial charge in [-0.3, -0.25) is 0 Å². The average Bonchev–Trinajstić information content (AvgIpc) is 1.68. The van der Waals surface area contributed by atoms with Crippen LogP contribution in [0, 0.1) is 27.6 Å². The van der Waals surface area contributed by atoms with E-state index in [0.29, 0.717) is 0 Å². The molecule has 104 heavy (non-hydrogen) atoms. The van der Waals surface area contributed by atoms with E-state index in [0.717, 1.165) is 22.7 Å². The van der Waals surface area contributed by atoms with Crippen molar-refractivity contribution in [1.82, 2.24) is 4.57 Å². The van der Waals surface area contributed by atoms with Gasteiger partial charge in [0.05, 0.1) is 11.0 Å². The molecule has 0 aliphatic heterocycles. The lowest BCUT2D eigenvalue weighted by Gasteiger charge is -2.60. The summed E-state index contributed by atoms with van der Waals surface area (Å²) in [6.45, 7) is 34.8. The van der Waals surface area contributed by atoms with E-state index >= 15 is 0 Å². The number of aryl methyl sites for hydroxylation is 2. The van der Waals surface area contributed by atoms with E-state index in [9.17, 15) is 0 Å². The van der Waals surface area contributed by atoms with Crippen molar-refractivity contribution in [1.29, 1.82) is 0 Å². The van der Waals surface area contributed by atoms with Gasteiger partial charge >= 0.3 is 0 Å². The first-order valence-electron chi connectivity index (χ1n) is 37.9. The van der Waals surface area contributed by atoms with Crippen LogP contribution in [0.1, 0.15) is 136 Å². The Morgan fingerprint density at radius 3 is 1.21 bits per heavy atom. The Morgan fingerprint density at radius 2 is 0.731 bits per heavy atom. The highest BCUT2D eigenvalue weighted by atomic mass is 15.1. The summed E-state index contributed by atoms with van der Waals surface area (Å²) in [7, 11) is 0. The first-order valence-corrected chi connectivity index (χ1v) is 37.9. The maximum Gasteiger partial charge on any atom is 0.0541 e. The van der Waals surface area contributed by atoms with Gasteiger partial charge in [0.25, 0.3) is 0 Å². The van der Waals surface area contributed by atoms with Crippen molar-refractivity contribution in [3.05, 3.63) is 337 Å². The summed E-state index contributed by atoms with van der Waals surface area (Å²) in [5.41, 5.74) is 32.2. The van der Waals surface area contributed by atoms with Gasteiger partial charge in [0.2, 0.25) is 0 Å². The van der Waals surface area contributed by atoms with E-state index in [1.807, 2.05) is 0 Å². The Kier molecular flexibility index (Phi) is 16.8. The van der Waals surface area contributed by atoms with Gasteiger partial charge in [-0.15, -0.1) is 0 Å². The van der Waals surface area contributed by atoms with E-state index in [1.165, 1.54) is 146 Å². The zero-order valence-corrected chi connectivity index (χ0v) is 63.3. The molecule has 2 nitrogen and oxygen atoms in total. The Hall–Kier alpha value is -10.5. The number of aromatic nitrogens is 1. The molecule has 0 saturated heterocycles. The minimum atomic E-state index is -0.238. The number of rotatable bonds is 16. The largest absolute Gasteiger partial charge is 0.310 e. The van der Waals surface area contributed by atoms with E-state index in [2.05, 4.69) is 410 Å². The highest BCUT2D eigenvalue weighted by molar-refractivity contribution is 6.11. The van der Waals surface area contributed by atoms with Crippen molar-refractivity contribution in [2.45, 2.75) is 127 Å². The summed E-state index contributed by atoms with van der Waals surface area (Å²) in [5, 5.41) is 2.47. The SMILES string of the molecule is CC(C(c1ccc(-c2ccc3c(c2)c2cc(-c4ccc(-c5ccc(N(c6ccc(-c7ccccc7)cc6)c6ccc7c(c6)C(C)(C)c6ccccc6-7)cc5)cc4)ccc2n3-c2ccccc2)cc1)C(C)(C)C(C)(C)C)C(C)(c1ccc(-c2ccc(-c3ccc4c(c3)CC4)cc2)cc1)C(C)(C)C(C)(C)C. The minimum Gasteiger partial charge on any atom is -0.310 e. The second-order valence-corrected chi connectivity index (χ2v) is 34.0. The van der Waals surface area contributed by atoms with E-state index in [1.54, 1.807) is 0 Å². The molecule has 13 aromatic carbocycles. The van der Waals surface area contributed by atoms with Crippen LogP contribution in [0.2, 0.25) is 0 Å². The highest BCUT2D eigenvalue weighted by Crippen LogP contribution is 2.64. The Labute approximate surface area is 618 Å². The lowest BCUT2D eigenvalue weighted by atomic mass is 9.44. The van der Waals surface area contributed by atoms with Crippen LogP contribution in [-0.2, 0) is 23.7 Å². The van der Waals surface area contributed by atoms with Crippen molar-refractivity contribution in [3.63, 3.8) is 0 Å². The Bertz CT molecular complexity index is 5500. The molecule has 1 heterocycles. The van der Waals surface area contributed by atoms with Gasteiger partial charge in [-0.05, 0) is 230 Å². The summed E-state index contributed by atoms with van der Waals surface area (Å²) >= 11 is 0. The van der Waals surface area contributed by atoms with Crippen molar-refractivity contribution in [3.8, 4) is 83.6 Å². The van der Waals surface area contributed by atoms with Crippen LogP contribution in [0.15, 0.2) is 303 Å². The van der Waals surface area contributed by atoms with Gasteiger partial charge in [-0.25, -0.2) is 0 Å². The zero-order valence-electron chi connectivity index (χ0n) is 63.3. The average molecular weight is 1350 g/mol. The maximum absolute atomic E-state index is 2.60. The van der Waals surface area contributed by atoms with Crippen LogP contribution in [0.25, 0.3) is 105 Å². The molecular weight excluding hydrogens is 1250 g/mol. The molecule has 2 heteroatoms. The normalized spacial score (nSPS) is 14.6. The van der Waals surface area contributed by atoms with Crippen LogP contribution in [0.3, 0.4) is 0 Å². The second-order valence-electron chi connectivity index (χ2n) is 34.0. The van der Waals surface area contributed by atoms with Gasteiger partial charge in [0.15, 0.2) is 0 Å². The van der Waals surface area contributed by atoms with E-state index in [-0.39, 0.29) is 44.3 Å². The number of benzene rings is 13. The third-order valence-corrected chi connectivity index (χ3v) is 26.3. The number of anilines is 3. The van der Waals surface area contributed by atoms with Crippen molar-refractivity contribution >= 4 is 38.9 Å². The number of para-hydroxylation sites is 1. The van der Waals surface area contributed by atoms with Gasteiger partial charge in [-0.2, -0.15) is 0 Å². The molecule has 0 N–H and O–H groups in total. The van der Waals surface area contributed by atoms with E-state index in [4.69, 9.17) is 0 Å². The quantitative estimate of drug-likeness (QED) is 0.0936. The molecule has 0 bridgehead atoms. The van der Waals surface area contributed by atoms with Gasteiger partial charge in [-0.1, -0.05) is 327 Å². The fourth-order valence-electron chi connectivity index (χ4n) is 17.8. The number of fused-ring (bicyclic) bond motifs is 7. The fraction of sp³-hybridized carbons (Fsp3) is 0.235. The molecule has 516 valence electrons. The molecule has 3 unspecified atom stereocenters. The molecule has 0 spiro atoms. The molecule has 16 rings (SSSR count). The molecule has 3 atom stereocenters. The zero-order chi connectivity index (χ0) is 72.2. The summed E-state index contributed by atoms with van der Waals surface area (Å²) in [5.74, 6) is 0.452. The van der Waals surface area contributed by atoms with Crippen molar-refractivity contribution < 1.29 is 0 Å². The first kappa shape index (κ1) is 67.9. The second kappa shape index (κ2) is 25.7. The van der Waals surface area contributed by atoms with Gasteiger partial charge < -0.3 is 9.47 Å². The topological polar surface area (TPSA) is 8.17 Å². The fourth-order valence-corrected chi connectivity index (χ4v) is 17.8. The molecule has 0 fully saturated rings. The molecule has 1 aromatic heterocycles. The van der Waals surface area contributed by atoms with Crippen LogP contribution < -0.4 is 4.90 Å². The number of hydrogen-bond acceptors (Lipinski definition) is 1. The predicted octanol–water partition coefficient (Wildman–Crippen LogP) is 28.5. The molecule has 14 aromatic rings. The lowest BCUT2D eigenvalue weighted by molar-refractivity contribution is -0.0370. The highest BCUT2D eigenvalue weighted by Gasteiger charge is 2.57. The third kappa shape index (κ3) is 11.6. The van der Waals surface area contributed by atoms with Gasteiger partial charge in [0, 0.05) is 44.4 Å². The van der Waals surface area contributed by atoms with Crippen LogP contribution >= 0.6 is 0 Å². The van der Waals surface area contributed by atoms with Crippen LogP contribution in [0.5, 0.6) is 0 Å². The smallest absolute Gasteiger partial charge is 0.0541 e. The summed E-state index contributed by atoms with van der Waals surface area (Å²) in [4.78, 5) is 2.41.